The van der Waals surface area contributed by atoms with Crippen molar-refractivity contribution < 1.29 is 9.00 Å². The van der Waals surface area contributed by atoms with Crippen LogP contribution in [0.2, 0.25) is 0 Å². The van der Waals surface area contributed by atoms with Gasteiger partial charge in [-0.2, -0.15) is 0 Å². The van der Waals surface area contributed by atoms with E-state index in [1.54, 1.807) is 0 Å². The molecule has 1 amide bonds. The van der Waals surface area contributed by atoms with Crippen molar-refractivity contribution in [3.05, 3.63) is 65.2 Å². The first-order valence-electron chi connectivity index (χ1n) is 10.1. The quantitative estimate of drug-likeness (QED) is 0.843. The van der Waals surface area contributed by atoms with Crippen LogP contribution in [0.5, 0.6) is 0 Å². The van der Waals surface area contributed by atoms with E-state index in [2.05, 4.69) is 53.8 Å². The highest BCUT2D eigenvalue weighted by molar-refractivity contribution is 7.85. The van der Waals surface area contributed by atoms with Crippen molar-refractivity contribution in [3.8, 4) is 0 Å². The van der Waals surface area contributed by atoms with Crippen LogP contribution in [0, 0.1) is 5.92 Å². The molecule has 148 valence electrons. The zero-order chi connectivity index (χ0) is 19.5. The second-order valence-electron chi connectivity index (χ2n) is 8.03. The molecule has 1 aliphatic carbocycles. The topological polar surface area (TPSA) is 49.4 Å². The Morgan fingerprint density at radius 2 is 1.64 bits per heavy atom. The van der Waals surface area contributed by atoms with Gasteiger partial charge < -0.3 is 10.2 Å². The molecule has 1 heterocycles. The largest absolute Gasteiger partial charge is 0.382 e. The van der Waals surface area contributed by atoms with Crippen molar-refractivity contribution in [2.24, 2.45) is 5.92 Å². The molecule has 0 aromatic heterocycles. The Labute approximate surface area is 169 Å². The minimum Gasteiger partial charge on any atom is -0.382 e. The first-order chi connectivity index (χ1) is 13.6. The molecule has 0 radical (unpaired) electrons. The van der Waals surface area contributed by atoms with Gasteiger partial charge in [-0.15, -0.1) is 0 Å². The highest BCUT2D eigenvalue weighted by Crippen LogP contribution is 2.25. The molecule has 2 aliphatic rings. The maximum absolute atomic E-state index is 12.6. The van der Waals surface area contributed by atoms with Gasteiger partial charge in [0.15, 0.2) is 0 Å². The number of nitrogens with zero attached hydrogens (tertiary/aromatic N) is 1. The molecular formula is C23H28N2O2S. The lowest BCUT2D eigenvalue weighted by Gasteiger charge is -2.26. The molecule has 1 saturated heterocycles. The lowest BCUT2D eigenvalue weighted by Crippen LogP contribution is -2.36. The summed E-state index contributed by atoms with van der Waals surface area (Å²) in [6.07, 6.45) is 3.65. The third-order valence-corrected chi connectivity index (χ3v) is 7.29. The fourth-order valence-corrected chi connectivity index (χ4v) is 5.61. The highest BCUT2D eigenvalue weighted by Gasteiger charge is 2.26. The van der Waals surface area contributed by atoms with E-state index in [-0.39, 0.29) is 11.8 Å². The molecule has 0 atom stereocenters. The van der Waals surface area contributed by atoms with Crippen LogP contribution in [0.15, 0.2) is 48.5 Å². The normalized spacial score (nSPS) is 21.9. The molecule has 1 N–H and O–H groups in total. The summed E-state index contributed by atoms with van der Waals surface area (Å²) >= 11 is 0. The molecule has 28 heavy (non-hydrogen) atoms. The van der Waals surface area contributed by atoms with Crippen LogP contribution in [-0.2, 0) is 35.0 Å². The summed E-state index contributed by atoms with van der Waals surface area (Å²) in [6.45, 7) is 0.619. The maximum Gasteiger partial charge on any atom is 0.225 e. The Balaban J connectivity index is 1.30. The average molecular weight is 397 g/mol. The number of carbonyl (C=O) groups is 1. The Kier molecular flexibility index (Phi) is 5.81. The molecule has 5 heteroatoms. The summed E-state index contributed by atoms with van der Waals surface area (Å²) < 4.78 is 11.5. The van der Waals surface area contributed by atoms with Gasteiger partial charge in [-0.25, -0.2) is 0 Å². The molecule has 0 unspecified atom stereocenters. The van der Waals surface area contributed by atoms with Gasteiger partial charge in [-0.3, -0.25) is 9.00 Å². The Hall–Kier alpha value is -2.14. The molecule has 0 bridgehead atoms. The number of amides is 1. The van der Waals surface area contributed by atoms with Crippen molar-refractivity contribution in [1.29, 1.82) is 0 Å². The monoisotopic (exact) mass is 396 g/mol. The summed E-state index contributed by atoms with van der Waals surface area (Å²) in [6, 6.07) is 17.5. The summed E-state index contributed by atoms with van der Waals surface area (Å²) in [7, 11) is 1.15. The van der Waals surface area contributed by atoms with Crippen LogP contribution in [0.25, 0.3) is 0 Å². The standard InChI is InChI=1S/C23H28N2O2S/c1-25(23(26)18-10-12-28(27)13-11-18)16-17-6-8-21(9-7-17)24-22-14-19-4-2-3-5-20(19)15-22/h2-9,18,22,24H,10-16H2,1H3. The second-order valence-corrected chi connectivity index (χ2v) is 9.73. The fraction of sp³-hybridized carbons (Fsp3) is 0.435. The van der Waals surface area contributed by atoms with E-state index < -0.39 is 10.8 Å². The van der Waals surface area contributed by atoms with Crippen LogP contribution in [0.1, 0.15) is 29.5 Å². The molecule has 1 aliphatic heterocycles. The maximum atomic E-state index is 12.6. The Morgan fingerprint density at radius 3 is 2.25 bits per heavy atom. The smallest absolute Gasteiger partial charge is 0.225 e. The summed E-state index contributed by atoms with van der Waals surface area (Å²) in [5, 5.41) is 3.64. The van der Waals surface area contributed by atoms with Crippen molar-refractivity contribution in [2.75, 3.05) is 23.9 Å². The Bertz CT molecular complexity index is 830. The minimum absolute atomic E-state index is 0.0349. The van der Waals surface area contributed by atoms with E-state index in [1.165, 1.54) is 11.1 Å². The van der Waals surface area contributed by atoms with E-state index in [4.69, 9.17) is 0 Å². The molecule has 0 saturated carbocycles. The van der Waals surface area contributed by atoms with Crippen LogP contribution in [-0.4, -0.2) is 39.6 Å². The molecular weight excluding hydrogens is 368 g/mol. The number of rotatable bonds is 5. The van der Waals surface area contributed by atoms with Crippen LogP contribution >= 0.6 is 0 Å². The van der Waals surface area contributed by atoms with Crippen LogP contribution < -0.4 is 5.32 Å². The number of nitrogens with one attached hydrogen (secondary N) is 1. The van der Waals surface area contributed by atoms with E-state index in [9.17, 15) is 9.00 Å². The van der Waals surface area contributed by atoms with Gasteiger partial charge in [0, 0.05) is 53.5 Å². The number of hydrogen-bond acceptors (Lipinski definition) is 3. The predicted octanol–water partition coefficient (Wildman–Crippen LogP) is 3.38. The lowest BCUT2D eigenvalue weighted by molar-refractivity contribution is -0.135. The summed E-state index contributed by atoms with van der Waals surface area (Å²) in [5.41, 5.74) is 5.16. The first-order valence-corrected chi connectivity index (χ1v) is 11.6. The third kappa shape index (κ3) is 4.46. The Morgan fingerprint density at radius 1 is 1.04 bits per heavy atom. The zero-order valence-electron chi connectivity index (χ0n) is 16.4. The van der Waals surface area contributed by atoms with Gasteiger partial charge in [0.05, 0.1) is 0 Å². The molecule has 4 nitrogen and oxygen atoms in total. The molecule has 4 rings (SSSR count). The number of fused-ring (bicyclic) bond motifs is 1. The van der Waals surface area contributed by atoms with Gasteiger partial charge in [-0.05, 0) is 54.5 Å². The minimum atomic E-state index is -0.724. The zero-order valence-corrected chi connectivity index (χ0v) is 17.2. The number of anilines is 1. The van der Waals surface area contributed by atoms with Gasteiger partial charge in [-0.1, -0.05) is 36.4 Å². The third-order valence-electron chi connectivity index (χ3n) is 5.91. The van der Waals surface area contributed by atoms with Crippen molar-refractivity contribution in [3.63, 3.8) is 0 Å². The number of benzene rings is 2. The van der Waals surface area contributed by atoms with Crippen LogP contribution in [0.4, 0.5) is 5.69 Å². The molecule has 0 spiro atoms. The molecule has 1 fully saturated rings. The van der Waals surface area contributed by atoms with Crippen LogP contribution in [0.3, 0.4) is 0 Å². The van der Waals surface area contributed by atoms with Gasteiger partial charge in [0.2, 0.25) is 5.91 Å². The first kappa shape index (κ1) is 19.2. The summed E-state index contributed by atoms with van der Waals surface area (Å²) in [5.74, 6) is 1.54. The molecule has 2 aromatic carbocycles. The van der Waals surface area contributed by atoms with Gasteiger partial charge in [0.1, 0.15) is 0 Å². The van der Waals surface area contributed by atoms with Gasteiger partial charge in [0.25, 0.3) is 0 Å². The van der Waals surface area contributed by atoms with E-state index in [1.807, 2.05) is 11.9 Å². The van der Waals surface area contributed by atoms with E-state index in [0.29, 0.717) is 24.1 Å². The summed E-state index contributed by atoms with van der Waals surface area (Å²) in [4.78, 5) is 14.4. The van der Waals surface area contributed by atoms with E-state index >= 15 is 0 Å². The highest BCUT2D eigenvalue weighted by atomic mass is 32.2. The fourth-order valence-electron chi connectivity index (χ4n) is 4.31. The van der Waals surface area contributed by atoms with Crippen molar-refractivity contribution in [1.82, 2.24) is 4.90 Å². The predicted molar refractivity (Wildman–Crippen MR) is 115 cm³/mol. The lowest BCUT2D eigenvalue weighted by atomic mass is 10.0. The SMILES string of the molecule is CN(Cc1ccc(NC2Cc3ccccc3C2)cc1)C(=O)C1CCS(=O)CC1. The van der Waals surface area contributed by atoms with Gasteiger partial charge >= 0.3 is 0 Å². The second kappa shape index (κ2) is 8.48. The molecule has 2 aromatic rings. The van der Waals surface area contributed by atoms with Crippen molar-refractivity contribution in [2.45, 2.75) is 38.3 Å². The van der Waals surface area contributed by atoms with E-state index in [0.717, 1.165) is 36.9 Å². The number of hydrogen-bond donors (Lipinski definition) is 1. The van der Waals surface area contributed by atoms with Crippen molar-refractivity contribution >= 4 is 22.4 Å². The number of carbonyl (C=O) groups excluding carboxylic acids is 1. The average Bonchev–Trinajstić information content (AvgIpc) is 3.12.